The molecular formula is C18H18BrN3O5. The van der Waals surface area contributed by atoms with Gasteiger partial charge in [0.1, 0.15) is 0 Å². The van der Waals surface area contributed by atoms with Gasteiger partial charge in [0.05, 0.1) is 11.5 Å². The molecule has 0 unspecified atom stereocenters. The minimum absolute atomic E-state index is 0.000751. The number of rotatable bonds is 7. The molecule has 8 nitrogen and oxygen atoms in total. The molecule has 0 saturated heterocycles. The van der Waals surface area contributed by atoms with Gasteiger partial charge in [0.15, 0.2) is 12.4 Å². The van der Waals surface area contributed by atoms with Crippen LogP contribution < -0.4 is 10.1 Å². The number of aryl methyl sites for hydroxylation is 1. The molecule has 0 aliphatic carbocycles. The molecule has 0 aliphatic heterocycles. The van der Waals surface area contributed by atoms with Crippen LogP contribution in [0.4, 0.5) is 11.4 Å². The molecule has 0 aromatic heterocycles. The van der Waals surface area contributed by atoms with E-state index in [-0.39, 0.29) is 23.9 Å². The Hall–Kier alpha value is -2.94. The lowest BCUT2D eigenvalue weighted by Gasteiger charge is -2.17. The summed E-state index contributed by atoms with van der Waals surface area (Å²) in [6, 6.07) is 11.2. The van der Waals surface area contributed by atoms with Crippen LogP contribution in [0.1, 0.15) is 5.56 Å². The lowest BCUT2D eigenvalue weighted by atomic mass is 10.2. The van der Waals surface area contributed by atoms with Crippen molar-refractivity contribution in [1.29, 1.82) is 0 Å². The Morgan fingerprint density at radius 1 is 1.26 bits per heavy atom. The number of amides is 2. The number of benzene rings is 2. The molecule has 0 bridgehead atoms. The van der Waals surface area contributed by atoms with E-state index in [9.17, 15) is 19.7 Å². The summed E-state index contributed by atoms with van der Waals surface area (Å²) in [5.74, 6) is -0.836. The van der Waals surface area contributed by atoms with Crippen LogP contribution in [0.3, 0.4) is 0 Å². The maximum Gasteiger partial charge on any atom is 0.310 e. The zero-order valence-corrected chi connectivity index (χ0v) is 16.4. The predicted octanol–water partition coefficient (Wildman–Crippen LogP) is 3.14. The number of nitro groups is 1. The highest BCUT2D eigenvalue weighted by Gasteiger charge is 2.18. The van der Waals surface area contributed by atoms with E-state index in [0.29, 0.717) is 5.69 Å². The predicted molar refractivity (Wildman–Crippen MR) is 104 cm³/mol. The number of nitro benzene ring substituents is 1. The Balaban J connectivity index is 1.90. The molecule has 2 aromatic rings. The van der Waals surface area contributed by atoms with Crippen LogP contribution in [0.2, 0.25) is 0 Å². The highest BCUT2D eigenvalue weighted by Crippen LogP contribution is 2.25. The summed E-state index contributed by atoms with van der Waals surface area (Å²) in [4.78, 5) is 35.8. The van der Waals surface area contributed by atoms with E-state index < -0.39 is 17.4 Å². The molecule has 2 rings (SSSR count). The second-order valence-corrected chi connectivity index (χ2v) is 6.69. The van der Waals surface area contributed by atoms with Gasteiger partial charge in [-0.2, -0.15) is 0 Å². The molecule has 1 N–H and O–H groups in total. The zero-order chi connectivity index (χ0) is 20.0. The zero-order valence-electron chi connectivity index (χ0n) is 14.8. The summed E-state index contributed by atoms with van der Waals surface area (Å²) in [7, 11) is 1.46. The molecule has 0 spiro atoms. The van der Waals surface area contributed by atoms with Crippen LogP contribution in [-0.4, -0.2) is 41.8 Å². The molecule has 0 atom stereocenters. The first-order valence-electron chi connectivity index (χ1n) is 7.94. The lowest BCUT2D eigenvalue weighted by molar-refractivity contribution is -0.385. The van der Waals surface area contributed by atoms with E-state index in [0.717, 1.165) is 10.0 Å². The molecular weight excluding hydrogens is 418 g/mol. The number of carbonyl (C=O) groups is 2. The van der Waals surface area contributed by atoms with Crippen molar-refractivity contribution in [3.8, 4) is 5.75 Å². The second kappa shape index (κ2) is 9.13. The van der Waals surface area contributed by atoms with Crippen LogP contribution in [0.25, 0.3) is 0 Å². The number of ether oxygens (including phenoxy) is 1. The van der Waals surface area contributed by atoms with Crippen LogP contribution in [0.15, 0.2) is 46.9 Å². The Kier molecular flexibility index (Phi) is 6.89. The first-order chi connectivity index (χ1) is 12.8. The highest BCUT2D eigenvalue weighted by molar-refractivity contribution is 9.10. The third-order valence-corrected chi connectivity index (χ3v) is 4.18. The van der Waals surface area contributed by atoms with E-state index in [1.807, 2.05) is 13.0 Å². The second-order valence-electron chi connectivity index (χ2n) is 5.77. The van der Waals surface area contributed by atoms with Crippen molar-refractivity contribution in [3.05, 3.63) is 62.6 Å². The van der Waals surface area contributed by atoms with Crippen LogP contribution >= 0.6 is 15.9 Å². The number of nitrogens with one attached hydrogen (secondary N) is 1. The fourth-order valence-electron chi connectivity index (χ4n) is 2.24. The summed E-state index contributed by atoms with van der Waals surface area (Å²) in [5, 5.41) is 13.7. The van der Waals surface area contributed by atoms with Gasteiger partial charge in [-0.15, -0.1) is 0 Å². The van der Waals surface area contributed by atoms with E-state index in [4.69, 9.17) is 4.74 Å². The van der Waals surface area contributed by atoms with Crippen molar-refractivity contribution in [1.82, 2.24) is 4.90 Å². The summed E-state index contributed by atoms with van der Waals surface area (Å²) in [5.41, 5.74) is 1.31. The molecule has 9 heteroatoms. The van der Waals surface area contributed by atoms with Gasteiger partial charge >= 0.3 is 5.69 Å². The van der Waals surface area contributed by atoms with Gasteiger partial charge in [-0.1, -0.05) is 28.1 Å². The molecule has 0 fully saturated rings. The number of hydrogen-bond acceptors (Lipinski definition) is 5. The molecule has 0 radical (unpaired) electrons. The number of nitrogens with zero attached hydrogens (tertiary/aromatic N) is 2. The molecule has 0 aliphatic rings. The van der Waals surface area contributed by atoms with Crippen molar-refractivity contribution < 1.29 is 19.2 Å². The summed E-state index contributed by atoms with van der Waals surface area (Å²) >= 11 is 3.35. The summed E-state index contributed by atoms with van der Waals surface area (Å²) in [6.07, 6.45) is 0. The van der Waals surface area contributed by atoms with Crippen LogP contribution in [-0.2, 0) is 9.59 Å². The fourth-order valence-corrected chi connectivity index (χ4v) is 2.72. The van der Waals surface area contributed by atoms with Gasteiger partial charge in [0.25, 0.3) is 5.91 Å². The minimum Gasteiger partial charge on any atom is -0.477 e. The van der Waals surface area contributed by atoms with E-state index >= 15 is 0 Å². The molecule has 142 valence electrons. The average molecular weight is 436 g/mol. The van der Waals surface area contributed by atoms with Gasteiger partial charge in [0, 0.05) is 23.3 Å². The van der Waals surface area contributed by atoms with Gasteiger partial charge in [-0.05, 0) is 36.8 Å². The topological polar surface area (TPSA) is 102 Å². The third-order valence-electron chi connectivity index (χ3n) is 3.68. The number of para-hydroxylation sites is 2. The Morgan fingerprint density at radius 2 is 1.96 bits per heavy atom. The van der Waals surface area contributed by atoms with Crippen LogP contribution in [0.5, 0.6) is 5.75 Å². The van der Waals surface area contributed by atoms with Crippen LogP contribution in [0, 0.1) is 17.0 Å². The van der Waals surface area contributed by atoms with Gasteiger partial charge in [0.2, 0.25) is 5.91 Å². The maximum absolute atomic E-state index is 12.1. The highest BCUT2D eigenvalue weighted by atomic mass is 79.9. The Labute approximate surface area is 164 Å². The average Bonchev–Trinajstić information content (AvgIpc) is 2.62. The van der Waals surface area contributed by atoms with Gasteiger partial charge < -0.3 is 15.0 Å². The number of halogens is 1. The van der Waals surface area contributed by atoms with Crippen molar-refractivity contribution in [2.24, 2.45) is 0 Å². The first kappa shape index (κ1) is 20.4. The van der Waals surface area contributed by atoms with Crippen molar-refractivity contribution in [2.75, 3.05) is 25.5 Å². The quantitative estimate of drug-likeness (QED) is 0.531. The first-order valence-corrected chi connectivity index (χ1v) is 8.73. The van der Waals surface area contributed by atoms with Crippen molar-refractivity contribution in [3.63, 3.8) is 0 Å². The molecule has 2 aromatic carbocycles. The standard InChI is InChI=1S/C18H18BrN3O5/c1-12-9-13(19)7-8-14(12)20-17(23)10-21(2)18(24)11-27-16-6-4-3-5-15(16)22(25)26/h3-9H,10-11H2,1-2H3,(H,20,23). The Morgan fingerprint density at radius 3 is 2.63 bits per heavy atom. The Bertz CT molecular complexity index is 872. The normalized spacial score (nSPS) is 10.2. The number of likely N-dealkylation sites (N-methyl/N-ethyl adjacent to an activating group) is 1. The number of hydrogen-bond donors (Lipinski definition) is 1. The van der Waals surface area contributed by atoms with Crippen molar-refractivity contribution in [2.45, 2.75) is 6.92 Å². The molecule has 0 heterocycles. The SMILES string of the molecule is Cc1cc(Br)ccc1NC(=O)CN(C)C(=O)COc1ccccc1[N+](=O)[O-]. The molecule has 0 saturated carbocycles. The monoisotopic (exact) mass is 435 g/mol. The third kappa shape index (κ3) is 5.78. The summed E-state index contributed by atoms with van der Waals surface area (Å²) < 4.78 is 6.14. The maximum atomic E-state index is 12.1. The van der Waals surface area contributed by atoms with Gasteiger partial charge in [-0.3, -0.25) is 19.7 Å². The van der Waals surface area contributed by atoms with E-state index in [1.165, 1.54) is 30.1 Å². The lowest BCUT2D eigenvalue weighted by Crippen LogP contribution is -2.37. The number of carbonyl (C=O) groups excluding carboxylic acids is 2. The molecule has 2 amide bonds. The number of anilines is 1. The molecule has 27 heavy (non-hydrogen) atoms. The van der Waals surface area contributed by atoms with Crippen molar-refractivity contribution >= 4 is 39.1 Å². The van der Waals surface area contributed by atoms with E-state index in [1.54, 1.807) is 18.2 Å². The van der Waals surface area contributed by atoms with E-state index in [2.05, 4.69) is 21.2 Å². The smallest absolute Gasteiger partial charge is 0.310 e. The fraction of sp³-hybridized carbons (Fsp3) is 0.222. The minimum atomic E-state index is -0.586. The largest absolute Gasteiger partial charge is 0.477 e. The summed E-state index contributed by atoms with van der Waals surface area (Å²) in [6.45, 7) is 1.27. The van der Waals surface area contributed by atoms with Gasteiger partial charge in [-0.25, -0.2) is 0 Å².